The summed E-state index contributed by atoms with van der Waals surface area (Å²) in [6.07, 6.45) is 0.727. The first-order valence-corrected chi connectivity index (χ1v) is 8.50. The van der Waals surface area contributed by atoms with Gasteiger partial charge in [-0.3, -0.25) is 14.9 Å². The van der Waals surface area contributed by atoms with Gasteiger partial charge in [-0.05, 0) is 39.7 Å². The van der Waals surface area contributed by atoms with Crippen molar-refractivity contribution in [1.82, 2.24) is 0 Å². The van der Waals surface area contributed by atoms with Gasteiger partial charge in [-0.25, -0.2) is 0 Å². The van der Waals surface area contributed by atoms with E-state index in [1.54, 1.807) is 26.8 Å². The van der Waals surface area contributed by atoms with Crippen molar-refractivity contribution in [3.8, 4) is 0 Å². The molecule has 0 aliphatic carbocycles. The number of hydrogen-bond donors (Lipinski definition) is 1. The maximum atomic E-state index is 12.0. The molecular formula is C17H23ClN2O5. The van der Waals surface area contributed by atoms with Crippen molar-refractivity contribution >= 4 is 28.9 Å². The molecule has 0 radical (unpaired) electrons. The number of ether oxygens (including phenoxy) is 1. The van der Waals surface area contributed by atoms with Crippen LogP contribution in [0.2, 0.25) is 5.02 Å². The van der Waals surface area contributed by atoms with Crippen molar-refractivity contribution in [3.05, 3.63) is 33.3 Å². The van der Waals surface area contributed by atoms with Gasteiger partial charge in [-0.2, -0.15) is 0 Å². The average Bonchev–Trinajstić information content (AvgIpc) is 2.45. The summed E-state index contributed by atoms with van der Waals surface area (Å²) in [5, 5.41) is 21.7. The maximum Gasteiger partial charge on any atom is 0.309 e. The van der Waals surface area contributed by atoms with Gasteiger partial charge in [0.25, 0.3) is 5.69 Å². The Morgan fingerprint density at radius 2 is 2.00 bits per heavy atom. The third-order valence-corrected chi connectivity index (χ3v) is 4.37. The molecule has 1 aromatic carbocycles. The topological polar surface area (TPSA) is 92.9 Å². The summed E-state index contributed by atoms with van der Waals surface area (Å²) in [5.74, 6) is -0.420. The standard InChI is InChI=1S/C17H23ClN2O5/c1-16(2,3)25-15(21)11-17(22)6-8-19(9-7-17)14-5-4-12(20(23)24)10-13(14)18/h4-5,10,22H,6-9,11H2,1-3H3. The highest BCUT2D eigenvalue weighted by molar-refractivity contribution is 6.33. The summed E-state index contributed by atoms with van der Waals surface area (Å²) < 4.78 is 5.27. The monoisotopic (exact) mass is 370 g/mol. The van der Waals surface area contributed by atoms with Crippen LogP contribution in [0.25, 0.3) is 0 Å². The number of piperidine rings is 1. The zero-order valence-electron chi connectivity index (χ0n) is 14.6. The lowest BCUT2D eigenvalue weighted by Gasteiger charge is -2.39. The molecule has 0 spiro atoms. The van der Waals surface area contributed by atoms with Gasteiger partial charge in [0, 0.05) is 25.2 Å². The number of nitro groups is 1. The van der Waals surface area contributed by atoms with E-state index in [1.807, 2.05) is 4.90 Å². The van der Waals surface area contributed by atoms with E-state index in [4.69, 9.17) is 16.3 Å². The second-order valence-corrected chi connectivity index (χ2v) is 7.77. The molecule has 7 nitrogen and oxygen atoms in total. The molecule has 0 amide bonds. The third-order valence-electron chi connectivity index (χ3n) is 4.07. The SMILES string of the molecule is CC(C)(C)OC(=O)CC1(O)CCN(c2ccc([N+](=O)[O-])cc2Cl)CC1. The number of rotatable bonds is 4. The Hall–Kier alpha value is -1.86. The summed E-state index contributed by atoms with van der Waals surface area (Å²) in [4.78, 5) is 24.2. The van der Waals surface area contributed by atoms with Crippen molar-refractivity contribution in [2.45, 2.75) is 51.2 Å². The smallest absolute Gasteiger partial charge is 0.309 e. The second-order valence-electron chi connectivity index (χ2n) is 7.37. The first kappa shape index (κ1) is 19.5. The van der Waals surface area contributed by atoms with Gasteiger partial charge in [0.2, 0.25) is 0 Å². The van der Waals surface area contributed by atoms with Gasteiger partial charge in [0.15, 0.2) is 0 Å². The number of non-ortho nitro benzene ring substituents is 1. The number of carbonyl (C=O) groups is 1. The number of anilines is 1. The first-order valence-electron chi connectivity index (χ1n) is 8.12. The van der Waals surface area contributed by atoms with Gasteiger partial charge in [0.1, 0.15) is 5.60 Å². The molecule has 138 valence electrons. The quantitative estimate of drug-likeness (QED) is 0.496. The van der Waals surface area contributed by atoms with Crippen LogP contribution in [0, 0.1) is 10.1 Å². The molecule has 1 heterocycles. The summed E-state index contributed by atoms with van der Waals surface area (Å²) in [7, 11) is 0. The molecule has 1 aliphatic rings. The van der Waals surface area contributed by atoms with Gasteiger partial charge >= 0.3 is 5.97 Å². The fourth-order valence-electron chi connectivity index (χ4n) is 2.85. The van der Waals surface area contributed by atoms with Crippen LogP contribution >= 0.6 is 11.6 Å². The number of benzene rings is 1. The van der Waals surface area contributed by atoms with Crippen LogP contribution < -0.4 is 4.90 Å². The van der Waals surface area contributed by atoms with Gasteiger partial charge in [0.05, 0.1) is 27.7 Å². The van der Waals surface area contributed by atoms with Crippen LogP contribution in [0.5, 0.6) is 0 Å². The van der Waals surface area contributed by atoms with Crippen molar-refractivity contribution in [2.24, 2.45) is 0 Å². The number of carbonyl (C=O) groups excluding carboxylic acids is 1. The van der Waals surface area contributed by atoms with Crippen LogP contribution in [0.4, 0.5) is 11.4 Å². The number of nitro benzene ring substituents is 1. The molecule has 0 aromatic heterocycles. The number of aliphatic hydroxyl groups is 1. The highest BCUT2D eigenvalue weighted by atomic mass is 35.5. The van der Waals surface area contributed by atoms with Crippen LogP contribution in [0.3, 0.4) is 0 Å². The van der Waals surface area contributed by atoms with Crippen molar-refractivity contribution in [1.29, 1.82) is 0 Å². The molecule has 25 heavy (non-hydrogen) atoms. The number of halogens is 1. The van der Waals surface area contributed by atoms with Crippen molar-refractivity contribution < 1.29 is 19.6 Å². The van der Waals surface area contributed by atoms with Crippen LogP contribution in [0.1, 0.15) is 40.0 Å². The van der Waals surface area contributed by atoms with E-state index >= 15 is 0 Å². The zero-order chi connectivity index (χ0) is 18.8. The van der Waals surface area contributed by atoms with E-state index in [0.29, 0.717) is 36.6 Å². The number of esters is 1. The molecule has 0 unspecified atom stereocenters. The van der Waals surface area contributed by atoms with Gasteiger partial charge in [-0.1, -0.05) is 11.6 Å². The van der Waals surface area contributed by atoms with Crippen LogP contribution in [-0.4, -0.2) is 40.3 Å². The van der Waals surface area contributed by atoms with Crippen LogP contribution in [-0.2, 0) is 9.53 Å². The lowest BCUT2D eigenvalue weighted by molar-refractivity contribution is -0.384. The Kier molecular flexibility index (Phi) is 5.58. The fourth-order valence-corrected chi connectivity index (χ4v) is 3.15. The normalized spacial score (nSPS) is 17.2. The number of nitrogens with zero attached hydrogens (tertiary/aromatic N) is 2. The molecule has 1 aromatic rings. The first-order chi connectivity index (χ1) is 11.5. The summed E-state index contributed by atoms with van der Waals surface area (Å²) in [5.41, 5.74) is -1.06. The van der Waals surface area contributed by atoms with E-state index < -0.39 is 22.1 Å². The maximum absolute atomic E-state index is 12.0. The largest absolute Gasteiger partial charge is 0.460 e. The molecule has 1 N–H and O–H groups in total. The minimum Gasteiger partial charge on any atom is -0.460 e. The fraction of sp³-hybridized carbons (Fsp3) is 0.588. The molecule has 2 rings (SSSR count). The minimum atomic E-state index is -1.11. The molecule has 0 bridgehead atoms. The molecule has 1 saturated heterocycles. The molecule has 1 fully saturated rings. The van der Waals surface area contributed by atoms with Crippen LogP contribution in [0.15, 0.2) is 18.2 Å². The highest BCUT2D eigenvalue weighted by Crippen LogP contribution is 2.34. The lowest BCUT2D eigenvalue weighted by atomic mass is 9.88. The van der Waals surface area contributed by atoms with E-state index in [9.17, 15) is 20.0 Å². The Labute approximate surface area is 151 Å². The van der Waals surface area contributed by atoms with E-state index in [-0.39, 0.29) is 12.1 Å². The van der Waals surface area contributed by atoms with Crippen molar-refractivity contribution in [2.75, 3.05) is 18.0 Å². The Bertz CT molecular complexity index is 663. The van der Waals surface area contributed by atoms with Gasteiger partial charge < -0.3 is 14.7 Å². The van der Waals surface area contributed by atoms with E-state index in [1.165, 1.54) is 12.1 Å². The predicted octanol–water partition coefficient (Wildman–Crippen LogP) is 3.31. The Balaban J connectivity index is 1.99. The summed E-state index contributed by atoms with van der Waals surface area (Å²) in [6, 6.07) is 4.33. The molecule has 8 heteroatoms. The molecule has 0 saturated carbocycles. The predicted molar refractivity (Wildman–Crippen MR) is 95.0 cm³/mol. The molecule has 0 atom stereocenters. The summed E-state index contributed by atoms with van der Waals surface area (Å²) in [6.45, 7) is 6.35. The lowest BCUT2D eigenvalue weighted by Crippen LogP contribution is -2.46. The molecule has 1 aliphatic heterocycles. The van der Waals surface area contributed by atoms with E-state index in [2.05, 4.69) is 0 Å². The van der Waals surface area contributed by atoms with Crippen molar-refractivity contribution in [3.63, 3.8) is 0 Å². The minimum absolute atomic E-state index is 0.0495. The zero-order valence-corrected chi connectivity index (χ0v) is 15.4. The average molecular weight is 371 g/mol. The third kappa shape index (κ3) is 5.31. The number of hydrogen-bond acceptors (Lipinski definition) is 6. The Morgan fingerprint density at radius 3 is 2.48 bits per heavy atom. The Morgan fingerprint density at radius 1 is 1.40 bits per heavy atom. The second kappa shape index (κ2) is 7.17. The molecular weight excluding hydrogens is 348 g/mol. The van der Waals surface area contributed by atoms with E-state index in [0.717, 1.165) is 0 Å². The highest BCUT2D eigenvalue weighted by Gasteiger charge is 2.36. The summed E-state index contributed by atoms with van der Waals surface area (Å²) >= 11 is 6.15. The van der Waals surface area contributed by atoms with Gasteiger partial charge in [-0.15, -0.1) is 0 Å².